The number of guanidine groups is 1. The number of hydrogen-bond acceptors (Lipinski definition) is 4. The molecule has 3 N–H and O–H groups in total. The van der Waals surface area contributed by atoms with Crippen molar-refractivity contribution < 1.29 is 5.11 Å². The third kappa shape index (κ3) is 6.54. The average molecular weight is 493 g/mol. The van der Waals surface area contributed by atoms with Crippen molar-refractivity contribution in [3.8, 4) is 0 Å². The number of aliphatic imine (C=N–C) groups is 1. The predicted molar refractivity (Wildman–Crippen MR) is 121 cm³/mol. The number of rotatable bonds is 7. The number of halogens is 1. The fourth-order valence-corrected chi connectivity index (χ4v) is 3.92. The van der Waals surface area contributed by atoms with E-state index in [1.165, 1.54) is 4.88 Å². The normalized spacial score (nSPS) is 14.5. The van der Waals surface area contributed by atoms with Crippen molar-refractivity contribution in [2.45, 2.75) is 38.7 Å². The van der Waals surface area contributed by atoms with Gasteiger partial charge in [-0.2, -0.15) is 11.3 Å². The van der Waals surface area contributed by atoms with Crippen LogP contribution in [0.3, 0.4) is 0 Å². The largest absolute Gasteiger partial charge is 0.384 e. The second kappa shape index (κ2) is 9.89. The summed E-state index contributed by atoms with van der Waals surface area (Å²) in [5.74, 6) is 0.734. The van der Waals surface area contributed by atoms with E-state index >= 15 is 0 Å². The van der Waals surface area contributed by atoms with E-state index in [9.17, 15) is 5.11 Å². The minimum Gasteiger partial charge on any atom is -0.384 e. The molecule has 0 bridgehead atoms. The zero-order valence-electron chi connectivity index (χ0n) is 15.2. The van der Waals surface area contributed by atoms with Crippen molar-refractivity contribution >= 4 is 52.6 Å². The van der Waals surface area contributed by atoms with Crippen molar-refractivity contribution in [1.82, 2.24) is 10.6 Å². The molecule has 0 aliphatic rings. The first-order valence-electron chi connectivity index (χ1n) is 8.16. The summed E-state index contributed by atoms with van der Waals surface area (Å²) >= 11 is 3.35. The Kier molecular flexibility index (Phi) is 8.86. The minimum atomic E-state index is -0.917. The molecule has 2 heterocycles. The lowest BCUT2D eigenvalue weighted by Gasteiger charge is -2.25. The van der Waals surface area contributed by atoms with Gasteiger partial charge in [0.15, 0.2) is 5.96 Å². The highest BCUT2D eigenvalue weighted by Gasteiger charge is 2.25. The quantitative estimate of drug-likeness (QED) is 0.308. The van der Waals surface area contributed by atoms with Crippen LogP contribution in [0.2, 0.25) is 0 Å². The second-order valence-electron chi connectivity index (χ2n) is 6.70. The molecule has 1 unspecified atom stereocenters. The van der Waals surface area contributed by atoms with Crippen LogP contribution in [0.5, 0.6) is 0 Å². The highest BCUT2D eigenvalue weighted by Crippen LogP contribution is 2.27. The summed E-state index contributed by atoms with van der Waals surface area (Å²) in [6, 6.07) is 6.19. The zero-order valence-corrected chi connectivity index (χ0v) is 19.2. The molecule has 0 saturated heterocycles. The number of nitrogens with one attached hydrogen (secondary N) is 2. The molecule has 4 nitrogen and oxygen atoms in total. The molecule has 25 heavy (non-hydrogen) atoms. The molecule has 0 aliphatic carbocycles. The summed E-state index contributed by atoms with van der Waals surface area (Å²) in [5, 5.41) is 23.2. The highest BCUT2D eigenvalue weighted by molar-refractivity contribution is 14.0. The molecule has 0 spiro atoms. The zero-order chi connectivity index (χ0) is 17.6. The summed E-state index contributed by atoms with van der Waals surface area (Å²) in [7, 11) is 0. The molecule has 0 aromatic carbocycles. The Hall–Kier alpha value is -0.640. The smallest absolute Gasteiger partial charge is 0.191 e. The molecular formula is C18H28IN3OS2. The van der Waals surface area contributed by atoms with E-state index < -0.39 is 5.60 Å². The summed E-state index contributed by atoms with van der Waals surface area (Å²) in [5.41, 5.74) is 0.000961. The maximum absolute atomic E-state index is 10.6. The van der Waals surface area contributed by atoms with Gasteiger partial charge in [0.05, 0.1) is 13.1 Å². The Bertz CT molecular complexity index is 637. The Morgan fingerprint density at radius 3 is 2.52 bits per heavy atom. The van der Waals surface area contributed by atoms with E-state index in [0.717, 1.165) is 18.1 Å². The van der Waals surface area contributed by atoms with Crippen LogP contribution in [-0.2, 0) is 11.0 Å². The molecule has 140 valence electrons. The Morgan fingerprint density at radius 2 is 1.96 bits per heavy atom. The summed E-state index contributed by atoms with van der Waals surface area (Å²) in [6.45, 7) is 10.1. The first-order valence-corrected chi connectivity index (χ1v) is 9.98. The van der Waals surface area contributed by atoms with Gasteiger partial charge in [0, 0.05) is 16.8 Å². The molecule has 0 fully saturated rings. The van der Waals surface area contributed by atoms with Crippen LogP contribution in [0.4, 0.5) is 0 Å². The van der Waals surface area contributed by atoms with E-state index in [4.69, 9.17) is 4.99 Å². The summed E-state index contributed by atoms with van der Waals surface area (Å²) in [4.78, 5) is 6.04. The molecule has 0 saturated carbocycles. The first kappa shape index (κ1) is 22.4. The number of hydrogen-bond donors (Lipinski definition) is 3. The lowest BCUT2D eigenvalue weighted by Crippen LogP contribution is -2.45. The predicted octanol–water partition coefficient (Wildman–Crippen LogP) is 4.17. The summed E-state index contributed by atoms with van der Waals surface area (Å²) in [6.07, 6.45) is 0. The lowest BCUT2D eigenvalue weighted by atomic mass is 9.92. The van der Waals surface area contributed by atoms with Crippen LogP contribution >= 0.6 is 46.7 Å². The maximum Gasteiger partial charge on any atom is 0.191 e. The fraction of sp³-hybridized carbons (Fsp3) is 0.500. The van der Waals surface area contributed by atoms with Gasteiger partial charge in [-0.15, -0.1) is 35.3 Å². The molecule has 0 radical (unpaired) electrons. The van der Waals surface area contributed by atoms with Crippen molar-refractivity contribution in [2.24, 2.45) is 4.99 Å². The van der Waals surface area contributed by atoms with Crippen molar-refractivity contribution in [3.63, 3.8) is 0 Å². The molecule has 1 atom stereocenters. The average Bonchev–Trinajstić information content (AvgIpc) is 3.23. The van der Waals surface area contributed by atoms with Gasteiger partial charge >= 0.3 is 0 Å². The molecule has 0 amide bonds. The number of thiophene rings is 2. The number of aliphatic hydroxyl groups is 1. The molecule has 2 rings (SSSR count). The third-order valence-corrected chi connectivity index (χ3v) is 5.83. The van der Waals surface area contributed by atoms with E-state index in [2.05, 4.69) is 42.0 Å². The van der Waals surface area contributed by atoms with Crippen LogP contribution in [-0.4, -0.2) is 30.7 Å². The standard InChI is InChI=1S/C18H27N3OS2.HI/c1-5-19-16(20-12-17(2,3)15-7-6-9-24-15)21-13-18(4,22)14-8-10-23-11-14;/h6-11,22H,5,12-13H2,1-4H3,(H2,19,20,21);1H. The lowest BCUT2D eigenvalue weighted by molar-refractivity contribution is 0.0621. The summed E-state index contributed by atoms with van der Waals surface area (Å²) < 4.78 is 0. The van der Waals surface area contributed by atoms with Gasteiger partial charge in [-0.05, 0) is 47.7 Å². The van der Waals surface area contributed by atoms with Crippen LogP contribution in [0.25, 0.3) is 0 Å². The van der Waals surface area contributed by atoms with Gasteiger partial charge in [0.1, 0.15) is 5.60 Å². The van der Waals surface area contributed by atoms with Crippen molar-refractivity contribution in [3.05, 3.63) is 44.8 Å². The van der Waals surface area contributed by atoms with Crippen molar-refractivity contribution in [2.75, 3.05) is 19.6 Å². The Balaban J connectivity index is 0.00000312. The van der Waals surface area contributed by atoms with Crippen LogP contribution < -0.4 is 10.6 Å². The molecule has 2 aromatic heterocycles. The molecule has 7 heteroatoms. The molecule has 2 aromatic rings. The van der Waals surface area contributed by atoms with Gasteiger partial charge in [0.25, 0.3) is 0 Å². The van der Waals surface area contributed by atoms with Crippen molar-refractivity contribution in [1.29, 1.82) is 0 Å². The van der Waals surface area contributed by atoms with Gasteiger partial charge in [0.2, 0.25) is 0 Å². The minimum absolute atomic E-state index is 0. The van der Waals surface area contributed by atoms with E-state index in [-0.39, 0.29) is 29.4 Å². The SMILES string of the molecule is CCNC(=NCC(C)(C)c1cccs1)NCC(C)(O)c1ccsc1.I. The second-order valence-corrected chi connectivity index (χ2v) is 8.42. The van der Waals surface area contributed by atoms with E-state index in [0.29, 0.717) is 13.1 Å². The molecule has 0 aliphatic heterocycles. The van der Waals surface area contributed by atoms with E-state index in [1.54, 1.807) is 22.7 Å². The van der Waals surface area contributed by atoms with Crippen LogP contribution in [0.1, 0.15) is 38.1 Å². The maximum atomic E-state index is 10.6. The fourth-order valence-electron chi connectivity index (χ4n) is 2.29. The van der Waals surface area contributed by atoms with Crippen LogP contribution in [0.15, 0.2) is 39.3 Å². The van der Waals surface area contributed by atoms with Gasteiger partial charge in [-0.1, -0.05) is 19.9 Å². The Labute approximate surface area is 175 Å². The van der Waals surface area contributed by atoms with Gasteiger partial charge < -0.3 is 15.7 Å². The topological polar surface area (TPSA) is 56.7 Å². The third-order valence-electron chi connectivity index (χ3n) is 3.91. The monoisotopic (exact) mass is 493 g/mol. The first-order chi connectivity index (χ1) is 11.3. The highest BCUT2D eigenvalue weighted by atomic mass is 127. The van der Waals surface area contributed by atoms with Gasteiger partial charge in [-0.3, -0.25) is 4.99 Å². The Morgan fingerprint density at radius 1 is 1.20 bits per heavy atom. The van der Waals surface area contributed by atoms with E-state index in [1.807, 2.05) is 30.7 Å². The number of nitrogens with zero attached hydrogens (tertiary/aromatic N) is 1. The van der Waals surface area contributed by atoms with Gasteiger partial charge in [-0.25, -0.2) is 0 Å². The van der Waals surface area contributed by atoms with Crippen LogP contribution in [0, 0.1) is 0 Å². The molecular weight excluding hydrogens is 465 g/mol.